The Kier molecular flexibility index (Phi) is 5.85. The molecule has 0 spiro atoms. The SMILES string of the molecule is CC(C)CNCc1cncn1C(C)CS(C)=O. The first-order valence-corrected chi connectivity index (χ1v) is 7.75. The Morgan fingerprint density at radius 3 is 2.76 bits per heavy atom. The van der Waals surface area contributed by atoms with Gasteiger partial charge in [-0.15, -0.1) is 0 Å². The van der Waals surface area contributed by atoms with E-state index in [1.807, 2.05) is 12.5 Å². The highest BCUT2D eigenvalue weighted by molar-refractivity contribution is 7.84. The van der Waals surface area contributed by atoms with Gasteiger partial charge in [0.15, 0.2) is 0 Å². The summed E-state index contributed by atoms with van der Waals surface area (Å²) >= 11 is 0. The Bertz CT molecular complexity index is 362. The molecule has 17 heavy (non-hydrogen) atoms. The third kappa shape index (κ3) is 5.00. The van der Waals surface area contributed by atoms with Gasteiger partial charge in [0, 0.05) is 41.6 Å². The molecule has 2 atom stereocenters. The average Bonchev–Trinajstić information content (AvgIpc) is 2.64. The molecule has 1 aromatic rings. The first-order chi connectivity index (χ1) is 8.00. The third-order valence-electron chi connectivity index (χ3n) is 2.56. The van der Waals surface area contributed by atoms with Gasteiger partial charge in [-0.3, -0.25) is 4.21 Å². The van der Waals surface area contributed by atoms with Gasteiger partial charge in [-0.05, 0) is 19.4 Å². The van der Waals surface area contributed by atoms with Crippen LogP contribution < -0.4 is 5.32 Å². The van der Waals surface area contributed by atoms with Crippen LogP contribution in [0.25, 0.3) is 0 Å². The van der Waals surface area contributed by atoms with E-state index in [0.29, 0.717) is 11.7 Å². The molecule has 0 fully saturated rings. The topological polar surface area (TPSA) is 46.9 Å². The summed E-state index contributed by atoms with van der Waals surface area (Å²) in [5.41, 5.74) is 1.16. The van der Waals surface area contributed by atoms with Crippen LogP contribution in [0.15, 0.2) is 12.5 Å². The average molecular weight is 257 g/mol. The summed E-state index contributed by atoms with van der Waals surface area (Å²) in [5.74, 6) is 1.32. The molecule has 2 unspecified atom stereocenters. The molecule has 0 radical (unpaired) electrons. The zero-order valence-corrected chi connectivity index (χ0v) is 12.0. The molecule has 5 heteroatoms. The maximum Gasteiger partial charge on any atom is 0.0951 e. The van der Waals surface area contributed by atoms with Crippen LogP contribution in [0.3, 0.4) is 0 Å². The molecule has 1 rings (SSSR count). The van der Waals surface area contributed by atoms with Gasteiger partial charge in [0.1, 0.15) is 0 Å². The minimum absolute atomic E-state index is 0.235. The molecule has 0 aromatic carbocycles. The van der Waals surface area contributed by atoms with Crippen molar-refractivity contribution in [3.63, 3.8) is 0 Å². The van der Waals surface area contributed by atoms with E-state index in [0.717, 1.165) is 18.8 Å². The van der Waals surface area contributed by atoms with Gasteiger partial charge in [-0.1, -0.05) is 13.8 Å². The highest BCUT2D eigenvalue weighted by atomic mass is 32.2. The maximum absolute atomic E-state index is 11.2. The van der Waals surface area contributed by atoms with E-state index < -0.39 is 10.8 Å². The lowest BCUT2D eigenvalue weighted by Gasteiger charge is -2.16. The van der Waals surface area contributed by atoms with E-state index in [9.17, 15) is 4.21 Å². The van der Waals surface area contributed by atoms with Crippen molar-refractivity contribution in [2.24, 2.45) is 5.92 Å². The van der Waals surface area contributed by atoms with E-state index in [1.165, 1.54) is 0 Å². The van der Waals surface area contributed by atoms with Crippen LogP contribution in [-0.2, 0) is 17.3 Å². The molecule has 0 saturated carbocycles. The molecule has 0 amide bonds. The van der Waals surface area contributed by atoms with Gasteiger partial charge < -0.3 is 9.88 Å². The second kappa shape index (κ2) is 6.91. The lowest BCUT2D eigenvalue weighted by Crippen LogP contribution is -2.22. The lowest BCUT2D eigenvalue weighted by atomic mass is 10.2. The standard InChI is InChI=1S/C12H23N3OS/c1-10(2)5-13-6-12-7-14-9-15(12)11(3)8-17(4)16/h7,9-11,13H,5-6,8H2,1-4H3. The number of nitrogens with zero attached hydrogens (tertiary/aromatic N) is 2. The lowest BCUT2D eigenvalue weighted by molar-refractivity contribution is 0.517. The minimum atomic E-state index is -0.771. The van der Waals surface area contributed by atoms with E-state index >= 15 is 0 Å². The summed E-state index contributed by atoms with van der Waals surface area (Å²) < 4.78 is 13.3. The summed E-state index contributed by atoms with van der Waals surface area (Å²) in [6.45, 7) is 8.27. The van der Waals surface area contributed by atoms with Crippen molar-refractivity contribution in [1.29, 1.82) is 0 Å². The normalized spacial score (nSPS) is 15.1. The highest BCUT2D eigenvalue weighted by Crippen LogP contribution is 2.11. The summed E-state index contributed by atoms with van der Waals surface area (Å²) in [6, 6.07) is 0.235. The van der Waals surface area contributed by atoms with Crippen molar-refractivity contribution >= 4 is 10.8 Å². The van der Waals surface area contributed by atoms with Crippen LogP contribution >= 0.6 is 0 Å². The summed E-state index contributed by atoms with van der Waals surface area (Å²) in [7, 11) is -0.771. The molecular weight excluding hydrogens is 234 g/mol. The Labute approximate surface area is 106 Å². The van der Waals surface area contributed by atoms with E-state index in [4.69, 9.17) is 0 Å². The molecule has 1 aromatic heterocycles. The molecule has 1 N–H and O–H groups in total. The Morgan fingerprint density at radius 2 is 2.18 bits per heavy atom. The van der Waals surface area contributed by atoms with E-state index in [1.54, 1.807) is 6.26 Å². The summed E-state index contributed by atoms with van der Waals surface area (Å²) in [5, 5.41) is 3.40. The zero-order chi connectivity index (χ0) is 12.8. The van der Waals surface area contributed by atoms with Gasteiger partial charge in [0.2, 0.25) is 0 Å². The fourth-order valence-corrected chi connectivity index (χ4v) is 2.61. The maximum atomic E-state index is 11.2. The Morgan fingerprint density at radius 1 is 1.47 bits per heavy atom. The fraction of sp³-hybridized carbons (Fsp3) is 0.750. The predicted molar refractivity (Wildman–Crippen MR) is 72.4 cm³/mol. The number of rotatable bonds is 7. The fourth-order valence-electron chi connectivity index (χ4n) is 1.77. The number of aromatic nitrogens is 2. The van der Waals surface area contributed by atoms with Crippen LogP contribution in [0, 0.1) is 5.92 Å². The van der Waals surface area contributed by atoms with Crippen LogP contribution in [-0.4, -0.2) is 32.3 Å². The van der Waals surface area contributed by atoms with Gasteiger partial charge >= 0.3 is 0 Å². The zero-order valence-electron chi connectivity index (χ0n) is 11.1. The van der Waals surface area contributed by atoms with Crippen molar-refractivity contribution in [2.75, 3.05) is 18.6 Å². The second-order valence-corrected chi connectivity index (χ2v) is 6.39. The number of hydrogen-bond acceptors (Lipinski definition) is 3. The van der Waals surface area contributed by atoms with Crippen LogP contribution in [0.5, 0.6) is 0 Å². The van der Waals surface area contributed by atoms with Gasteiger partial charge in [0.25, 0.3) is 0 Å². The monoisotopic (exact) mass is 257 g/mol. The van der Waals surface area contributed by atoms with E-state index in [-0.39, 0.29) is 6.04 Å². The minimum Gasteiger partial charge on any atom is -0.330 e. The summed E-state index contributed by atoms with van der Waals surface area (Å²) in [6.07, 6.45) is 5.44. The molecule has 0 aliphatic carbocycles. The summed E-state index contributed by atoms with van der Waals surface area (Å²) in [4.78, 5) is 4.17. The smallest absolute Gasteiger partial charge is 0.0951 e. The van der Waals surface area contributed by atoms with Crippen molar-refractivity contribution in [2.45, 2.75) is 33.4 Å². The molecule has 0 aliphatic heterocycles. The molecular formula is C12H23N3OS. The number of nitrogens with one attached hydrogen (secondary N) is 1. The first-order valence-electron chi connectivity index (χ1n) is 6.02. The Hall–Kier alpha value is -0.680. The largest absolute Gasteiger partial charge is 0.330 e. The van der Waals surface area contributed by atoms with Crippen LogP contribution in [0.1, 0.15) is 32.5 Å². The van der Waals surface area contributed by atoms with Crippen LogP contribution in [0.2, 0.25) is 0 Å². The molecule has 0 saturated heterocycles. The highest BCUT2D eigenvalue weighted by Gasteiger charge is 2.10. The molecule has 4 nitrogen and oxygen atoms in total. The quantitative estimate of drug-likeness (QED) is 0.806. The van der Waals surface area contributed by atoms with Crippen molar-refractivity contribution < 1.29 is 4.21 Å². The van der Waals surface area contributed by atoms with Crippen molar-refractivity contribution in [3.8, 4) is 0 Å². The molecule has 98 valence electrons. The molecule has 1 heterocycles. The number of hydrogen-bond donors (Lipinski definition) is 1. The van der Waals surface area contributed by atoms with Crippen molar-refractivity contribution in [3.05, 3.63) is 18.2 Å². The predicted octanol–water partition coefficient (Wildman–Crippen LogP) is 1.57. The van der Waals surface area contributed by atoms with Crippen LogP contribution in [0.4, 0.5) is 0 Å². The van der Waals surface area contributed by atoms with Crippen molar-refractivity contribution in [1.82, 2.24) is 14.9 Å². The van der Waals surface area contributed by atoms with E-state index in [2.05, 4.69) is 35.6 Å². The molecule has 0 bridgehead atoms. The molecule has 0 aliphatic rings. The van der Waals surface area contributed by atoms with Gasteiger partial charge in [-0.25, -0.2) is 4.98 Å². The third-order valence-corrected chi connectivity index (χ3v) is 3.51. The first kappa shape index (κ1) is 14.4. The van der Waals surface area contributed by atoms with Gasteiger partial charge in [0.05, 0.1) is 12.0 Å². The number of imidazole rings is 1. The second-order valence-electron chi connectivity index (χ2n) is 4.91. The Balaban J connectivity index is 2.56. The van der Waals surface area contributed by atoms with Gasteiger partial charge in [-0.2, -0.15) is 0 Å².